The summed E-state index contributed by atoms with van der Waals surface area (Å²) in [5, 5.41) is 17.0. The maximum Gasteiger partial charge on any atom is 0.137 e. The molecule has 11 heteroatoms. The lowest BCUT2D eigenvalue weighted by molar-refractivity contribution is 0.146. The first kappa shape index (κ1) is 27.6. The Hall–Kier alpha value is -4.19. The summed E-state index contributed by atoms with van der Waals surface area (Å²) in [6.45, 7) is 4.04. The van der Waals surface area contributed by atoms with Crippen LogP contribution in [0.25, 0.3) is 54.8 Å². The van der Waals surface area contributed by atoms with Gasteiger partial charge in [0, 0.05) is 71.7 Å². The molecule has 2 aromatic carbocycles. The van der Waals surface area contributed by atoms with Crippen molar-refractivity contribution in [1.82, 2.24) is 29.9 Å². The third-order valence-corrected chi connectivity index (χ3v) is 8.78. The van der Waals surface area contributed by atoms with Crippen LogP contribution in [0.2, 0.25) is 0 Å². The van der Waals surface area contributed by atoms with E-state index in [1.807, 2.05) is 53.6 Å². The lowest BCUT2D eigenvalue weighted by Gasteiger charge is -2.23. The van der Waals surface area contributed by atoms with Crippen LogP contribution in [-0.4, -0.2) is 51.4 Å². The molecule has 6 aromatic rings. The number of hydrogen-bond acceptors (Lipinski definition) is 7. The first-order chi connectivity index (χ1) is 20.9. The van der Waals surface area contributed by atoms with Crippen molar-refractivity contribution < 1.29 is 18.3 Å². The molecule has 1 atom stereocenters. The number of aromatic nitrogens is 5. The van der Waals surface area contributed by atoms with Crippen LogP contribution in [-0.2, 0) is 18.3 Å². The lowest BCUT2D eigenvalue weighted by Crippen LogP contribution is -2.33. The van der Waals surface area contributed by atoms with Crippen LogP contribution in [0.1, 0.15) is 25.1 Å². The van der Waals surface area contributed by atoms with Gasteiger partial charge in [0.25, 0.3) is 0 Å². The lowest BCUT2D eigenvalue weighted by atomic mass is 9.96. The molecule has 0 radical (unpaired) electrons. The van der Waals surface area contributed by atoms with E-state index in [1.54, 1.807) is 11.8 Å². The van der Waals surface area contributed by atoms with Crippen molar-refractivity contribution in [3.63, 3.8) is 0 Å². The summed E-state index contributed by atoms with van der Waals surface area (Å²) in [5.41, 5.74) is 5.32. The molecule has 0 saturated heterocycles. The molecule has 0 fully saturated rings. The Morgan fingerprint density at radius 1 is 1.05 bits per heavy atom. The molecule has 43 heavy (non-hydrogen) atoms. The van der Waals surface area contributed by atoms with Gasteiger partial charge in [-0.1, -0.05) is 19.1 Å². The highest BCUT2D eigenvalue weighted by Crippen LogP contribution is 2.47. The summed E-state index contributed by atoms with van der Waals surface area (Å²) in [4.78, 5) is 5.23. The fraction of sp³-hybridized carbons (Fsp3) is 0.281. The zero-order valence-corrected chi connectivity index (χ0v) is 24.8. The van der Waals surface area contributed by atoms with E-state index < -0.39 is 11.6 Å². The van der Waals surface area contributed by atoms with Crippen LogP contribution in [0.5, 0.6) is 5.75 Å². The molecule has 8 nitrogen and oxygen atoms in total. The Morgan fingerprint density at radius 2 is 1.93 bits per heavy atom. The summed E-state index contributed by atoms with van der Waals surface area (Å²) in [6, 6.07) is 12.3. The van der Waals surface area contributed by atoms with Crippen LogP contribution < -0.4 is 10.1 Å². The van der Waals surface area contributed by atoms with Crippen molar-refractivity contribution in [3.8, 4) is 39.5 Å². The van der Waals surface area contributed by atoms with Gasteiger partial charge < -0.3 is 14.8 Å². The first-order valence-corrected chi connectivity index (χ1v) is 15.1. The molecule has 5 heterocycles. The zero-order chi connectivity index (χ0) is 29.7. The molecule has 4 aromatic heterocycles. The molecular weight excluding hydrogens is 570 g/mol. The molecule has 0 aliphatic carbocycles. The van der Waals surface area contributed by atoms with Crippen molar-refractivity contribution in [2.75, 3.05) is 26.9 Å². The fourth-order valence-corrected chi connectivity index (χ4v) is 6.85. The quantitative estimate of drug-likeness (QED) is 0.195. The van der Waals surface area contributed by atoms with E-state index in [0.717, 1.165) is 57.0 Å². The van der Waals surface area contributed by atoms with E-state index in [0.29, 0.717) is 23.5 Å². The van der Waals surface area contributed by atoms with E-state index in [2.05, 4.69) is 17.3 Å². The predicted molar refractivity (Wildman–Crippen MR) is 164 cm³/mol. The molecule has 1 N–H and O–H groups in total. The highest BCUT2D eigenvalue weighted by atomic mass is 32.1. The number of benzene rings is 2. The Labute approximate surface area is 250 Å². The van der Waals surface area contributed by atoms with Gasteiger partial charge in [0.2, 0.25) is 0 Å². The number of fused-ring (bicyclic) bond motifs is 3. The number of rotatable bonds is 8. The van der Waals surface area contributed by atoms with Crippen LogP contribution in [0.4, 0.5) is 8.78 Å². The number of thiophene rings is 1. The standard InChI is InChI=1S/C32H30F2N6O2S/c1-4-23-26-16-25(38-40(26)9-8-35-23)31-29(28-22(34)14-20(33)15-27(28)42-11-10-41-3)32-21(7-12-43-32)30(36-31)18-5-6-19-17-39(2)37-24(19)13-18/h5-7,12-17,23,35H,4,8-11H2,1-3H3. The minimum Gasteiger partial charge on any atom is -0.490 e. The summed E-state index contributed by atoms with van der Waals surface area (Å²) >= 11 is 1.48. The van der Waals surface area contributed by atoms with Gasteiger partial charge in [-0.2, -0.15) is 10.2 Å². The Bertz CT molecular complexity index is 1980. The first-order valence-electron chi connectivity index (χ1n) is 14.2. The molecule has 1 aliphatic rings. The molecular formula is C32H30F2N6O2S. The molecule has 220 valence electrons. The minimum absolute atomic E-state index is 0.0898. The summed E-state index contributed by atoms with van der Waals surface area (Å²) < 4.78 is 46.2. The van der Waals surface area contributed by atoms with Gasteiger partial charge >= 0.3 is 0 Å². The maximum atomic E-state index is 16.0. The minimum atomic E-state index is -0.732. The summed E-state index contributed by atoms with van der Waals surface area (Å²) in [5.74, 6) is -1.36. The normalized spacial score (nSPS) is 15.0. The van der Waals surface area contributed by atoms with Crippen molar-refractivity contribution >= 4 is 32.3 Å². The second kappa shape index (κ2) is 11.1. The van der Waals surface area contributed by atoms with Gasteiger partial charge in [-0.05, 0) is 30.0 Å². The van der Waals surface area contributed by atoms with Crippen molar-refractivity contribution in [3.05, 3.63) is 71.4 Å². The molecule has 1 aliphatic heterocycles. The number of hydrogen-bond donors (Lipinski definition) is 1. The smallest absolute Gasteiger partial charge is 0.137 e. The molecule has 0 amide bonds. The van der Waals surface area contributed by atoms with Crippen molar-refractivity contribution in [1.29, 1.82) is 0 Å². The number of aryl methyl sites for hydroxylation is 1. The largest absolute Gasteiger partial charge is 0.490 e. The Morgan fingerprint density at radius 3 is 2.77 bits per heavy atom. The van der Waals surface area contributed by atoms with E-state index in [1.165, 1.54) is 17.4 Å². The second-order valence-electron chi connectivity index (χ2n) is 10.6. The molecule has 0 bridgehead atoms. The fourth-order valence-electron chi connectivity index (χ4n) is 5.90. The molecule has 0 spiro atoms. The van der Waals surface area contributed by atoms with E-state index in [9.17, 15) is 4.39 Å². The van der Waals surface area contributed by atoms with Gasteiger partial charge in [-0.15, -0.1) is 11.3 Å². The third-order valence-electron chi connectivity index (χ3n) is 7.85. The predicted octanol–water partition coefficient (Wildman–Crippen LogP) is 6.74. The number of nitrogens with zero attached hydrogens (tertiary/aromatic N) is 5. The third kappa shape index (κ3) is 4.87. The SMILES string of the molecule is CCC1NCCn2nc(-c3nc(-c4ccc5cn(C)nc5c4)c4ccsc4c3-c3c(F)cc(F)cc3OCCOC)cc21. The average molecular weight is 601 g/mol. The van der Waals surface area contributed by atoms with Gasteiger partial charge in [0.15, 0.2) is 0 Å². The number of halogens is 2. The molecule has 0 saturated carbocycles. The van der Waals surface area contributed by atoms with Gasteiger partial charge in [0.05, 0.1) is 35.6 Å². The highest BCUT2D eigenvalue weighted by molar-refractivity contribution is 7.18. The number of methoxy groups -OCH3 is 1. The van der Waals surface area contributed by atoms with Gasteiger partial charge in [-0.25, -0.2) is 13.8 Å². The second-order valence-corrected chi connectivity index (χ2v) is 11.5. The zero-order valence-electron chi connectivity index (χ0n) is 24.0. The van der Waals surface area contributed by atoms with Crippen molar-refractivity contribution in [2.24, 2.45) is 7.05 Å². The number of pyridine rings is 1. The number of ether oxygens (including phenoxy) is 2. The van der Waals surface area contributed by atoms with Crippen LogP contribution in [0.3, 0.4) is 0 Å². The van der Waals surface area contributed by atoms with Crippen LogP contribution >= 0.6 is 11.3 Å². The average Bonchev–Trinajstić information content (AvgIpc) is 3.73. The topological polar surface area (TPSA) is 79.0 Å². The number of nitrogens with one attached hydrogen (secondary N) is 1. The van der Waals surface area contributed by atoms with Crippen LogP contribution in [0, 0.1) is 11.6 Å². The Balaban J connectivity index is 1.52. The van der Waals surface area contributed by atoms with Gasteiger partial charge in [-0.3, -0.25) is 9.36 Å². The van der Waals surface area contributed by atoms with Crippen molar-refractivity contribution in [2.45, 2.75) is 25.9 Å². The summed E-state index contributed by atoms with van der Waals surface area (Å²) in [7, 11) is 3.44. The molecule has 1 unspecified atom stereocenters. The molecule has 7 rings (SSSR count). The maximum absolute atomic E-state index is 16.0. The highest BCUT2D eigenvalue weighted by Gasteiger charge is 2.28. The monoisotopic (exact) mass is 600 g/mol. The summed E-state index contributed by atoms with van der Waals surface area (Å²) in [6.07, 6.45) is 2.87. The Kier molecular flexibility index (Phi) is 7.16. The van der Waals surface area contributed by atoms with E-state index >= 15 is 4.39 Å². The van der Waals surface area contributed by atoms with Gasteiger partial charge in [0.1, 0.15) is 35.4 Å². The van der Waals surface area contributed by atoms with Crippen LogP contribution in [0.15, 0.2) is 54.0 Å². The van der Waals surface area contributed by atoms with E-state index in [-0.39, 0.29) is 30.6 Å². The van der Waals surface area contributed by atoms with E-state index in [4.69, 9.17) is 19.6 Å².